The molecule has 0 bridgehead atoms. The summed E-state index contributed by atoms with van der Waals surface area (Å²) in [7, 11) is 0. The molecule has 0 spiro atoms. The summed E-state index contributed by atoms with van der Waals surface area (Å²) in [5.74, 6) is 0.511. The number of hydrogen-bond donors (Lipinski definition) is 1. The quantitative estimate of drug-likeness (QED) is 0.700. The van der Waals surface area contributed by atoms with Gasteiger partial charge in [0.1, 0.15) is 17.8 Å². The van der Waals surface area contributed by atoms with E-state index in [0.717, 1.165) is 11.4 Å². The second kappa shape index (κ2) is 8.89. The topological polar surface area (TPSA) is 71.0 Å². The first kappa shape index (κ1) is 18.5. The zero-order valence-electron chi connectivity index (χ0n) is 15.5. The maximum absolute atomic E-state index is 12.5. The fraction of sp³-hybridized carbons (Fsp3) is 0.238. The second-order valence-corrected chi connectivity index (χ2v) is 6.51. The van der Waals surface area contributed by atoms with Gasteiger partial charge in [-0.15, -0.1) is 0 Å². The van der Waals surface area contributed by atoms with Crippen LogP contribution >= 0.6 is 0 Å². The van der Waals surface area contributed by atoms with Crippen LogP contribution in [-0.2, 0) is 13.1 Å². The van der Waals surface area contributed by atoms with Crippen LogP contribution in [-0.4, -0.2) is 26.9 Å². The van der Waals surface area contributed by atoms with Crippen LogP contribution in [0.3, 0.4) is 0 Å². The highest BCUT2D eigenvalue weighted by molar-refractivity contribution is 5.92. The lowest BCUT2D eigenvalue weighted by Crippen LogP contribution is -2.31. The number of pyridine rings is 1. The molecule has 0 aliphatic heterocycles. The van der Waals surface area contributed by atoms with Crippen molar-refractivity contribution in [2.75, 3.05) is 4.90 Å². The van der Waals surface area contributed by atoms with Crippen molar-refractivity contribution < 1.29 is 4.79 Å². The fourth-order valence-corrected chi connectivity index (χ4v) is 2.71. The fourth-order valence-electron chi connectivity index (χ4n) is 2.71. The van der Waals surface area contributed by atoms with Crippen molar-refractivity contribution in [3.05, 3.63) is 84.1 Å². The predicted molar refractivity (Wildman–Crippen MR) is 105 cm³/mol. The molecule has 27 heavy (non-hydrogen) atoms. The van der Waals surface area contributed by atoms with Crippen molar-refractivity contribution in [1.82, 2.24) is 20.3 Å². The third-order valence-electron chi connectivity index (χ3n) is 4.20. The van der Waals surface area contributed by atoms with Crippen molar-refractivity contribution in [3.63, 3.8) is 0 Å². The van der Waals surface area contributed by atoms with Crippen LogP contribution in [0, 0.1) is 0 Å². The molecular weight excluding hydrogens is 338 g/mol. The van der Waals surface area contributed by atoms with Gasteiger partial charge in [0.25, 0.3) is 5.91 Å². The molecule has 0 aliphatic carbocycles. The van der Waals surface area contributed by atoms with Crippen LogP contribution in [0.25, 0.3) is 0 Å². The Balaban J connectivity index is 1.73. The van der Waals surface area contributed by atoms with Gasteiger partial charge >= 0.3 is 0 Å². The molecule has 3 aromatic rings. The SMILES string of the molecule is CC(C)N(Cc1ccccc1)c1cc(C(=O)NCc2ccncc2)ncn1. The minimum absolute atomic E-state index is 0.223. The Morgan fingerprint density at radius 2 is 1.78 bits per heavy atom. The first-order valence-electron chi connectivity index (χ1n) is 8.93. The number of nitrogens with one attached hydrogen (secondary N) is 1. The number of nitrogens with zero attached hydrogens (tertiary/aromatic N) is 4. The number of carbonyl (C=O) groups is 1. The van der Waals surface area contributed by atoms with Gasteiger partial charge in [-0.1, -0.05) is 30.3 Å². The average molecular weight is 361 g/mol. The highest BCUT2D eigenvalue weighted by atomic mass is 16.1. The van der Waals surface area contributed by atoms with Gasteiger partial charge < -0.3 is 10.2 Å². The van der Waals surface area contributed by atoms with Crippen molar-refractivity contribution in [2.45, 2.75) is 33.0 Å². The van der Waals surface area contributed by atoms with Gasteiger partial charge in [-0.05, 0) is 37.1 Å². The molecule has 1 aromatic carbocycles. The van der Waals surface area contributed by atoms with Crippen LogP contribution in [0.1, 0.15) is 35.5 Å². The highest BCUT2D eigenvalue weighted by Gasteiger charge is 2.16. The van der Waals surface area contributed by atoms with Crippen LogP contribution in [0.4, 0.5) is 5.82 Å². The van der Waals surface area contributed by atoms with Crippen molar-refractivity contribution >= 4 is 11.7 Å². The van der Waals surface area contributed by atoms with Crippen LogP contribution < -0.4 is 10.2 Å². The molecule has 0 fully saturated rings. The Labute approximate surface area is 159 Å². The van der Waals surface area contributed by atoms with E-state index in [1.54, 1.807) is 18.5 Å². The summed E-state index contributed by atoms with van der Waals surface area (Å²) in [4.78, 5) is 27.1. The predicted octanol–water partition coefficient (Wildman–Crippen LogP) is 3.22. The van der Waals surface area contributed by atoms with Crippen LogP contribution in [0.2, 0.25) is 0 Å². The summed E-state index contributed by atoms with van der Waals surface area (Å²) in [5, 5.41) is 2.88. The maximum Gasteiger partial charge on any atom is 0.270 e. The summed E-state index contributed by atoms with van der Waals surface area (Å²) >= 11 is 0. The number of rotatable bonds is 7. The molecule has 2 aromatic heterocycles. The number of benzene rings is 1. The first-order valence-corrected chi connectivity index (χ1v) is 8.93. The molecule has 0 unspecified atom stereocenters. The third-order valence-corrected chi connectivity index (χ3v) is 4.20. The van der Waals surface area contributed by atoms with E-state index in [0.29, 0.717) is 18.8 Å². The zero-order chi connectivity index (χ0) is 19.1. The molecule has 1 amide bonds. The third kappa shape index (κ3) is 5.10. The summed E-state index contributed by atoms with van der Waals surface area (Å²) in [5.41, 5.74) is 2.53. The smallest absolute Gasteiger partial charge is 0.270 e. The highest BCUT2D eigenvalue weighted by Crippen LogP contribution is 2.18. The number of anilines is 1. The van der Waals surface area contributed by atoms with Gasteiger partial charge in [0.2, 0.25) is 0 Å². The summed E-state index contributed by atoms with van der Waals surface area (Å²) in [6.45, 7) is 5.36. The van der Waals surface area contributed by atoms with E-state index in [-0.39, 0.29) is 11.9 Å². The second-order valence-electron chi connectivity index (χ2n) is 6.51. The van der Waals surface area contributed by atoms with Gasteiger partial charge in [-0.2, -0.15) is 0 Å². The normalized spacial score (nSPS) is 10.6. The van der Waals surface area contributed by atoms with E-state index >= 15 is 0 Å². The molecule has 3 rings (SSSR count). The van der Waals surface area contributed by atoms with E-state index in [9.17, 15) is 4.79 Å². The minimum Gasteiger partial charge on any atom is -0.350 e. The van der Waals surface area contributed by atoms with E-state index in [1.165, 1.54) is 11.9 Å². The standard InChI is InChI=1S/C21H23N5O/c1-16(2)26(14-18-6-4-3-5-7-18)20-12-19(24-15-25-20)21(27)23-13-17-8-10-22-11-9-17/h3-12,15-16H,13-14H2,1-2H3,(H,23,27). The Morgan fingerprint density at radius 1 is 1.04 bits per heavy atom. The van der Waals surface area contributed by atoms with E-state index < -0.39 is 0 Å². The minimum atomic E-state index is -0.223. The molecule has 0 atom stereocenters. The molecule has 0 saturated carbocycles. The lowest BCUT2D eigenvalue weighted by atomic mass is 10.2. The van der Waals surface area contributed by atoms with Gasteiger partial charge in [0, 0.05) is 37.6 Å². The summed E-state index contributed by atoms with van der Waals surface area (Å²) < 4.78 is 0. The van der Waals surface area contributed by atoms with E-state index in [2.05, 4.69) is 51.1 Å². The lowest BCUT2D eigenvalue weighted by Gasteiger charge is -2.28. The Morgan fingerprint density at radius 3 is 2.48 bits per heavy atom. The molecule has 1 N–H and O–H groups in total. The number of amides is 1. The Hall–Kier alpha value is -3.28. The molecular formula is C21H23N5O. The molecule has 2 heterocycles. The van der Waals surface area contributed by atoms with Crippen molar-refractivity contribution in [2.24, 2.45) is 0 Å². The Bertz CT molecular complexity index is 868. The average Bonchev–Trinajstić information content (AvgIpc) is 2.71. The monoisotopic (exact) mass is 361 g/mol. The largest absolute Gasteiger partial charge is 0.350 e. The lowest BCUT2D eigenvalue weighted by molar-refractivity contribution is 0.0945. The molecule has 138 valence electrons. The summed E-state index contributed by atoms with van der Waals surface area (Å²) in [6.07, 6.45) is 4.85. The van der Waals surface area contributed by atoms with Crippen LogP contribution in [0.5, 0.6) is 0 Å². The Kier molecular flexibility index (Phi) is 6.10. The van der Waals surface area contributed by atoms with Crippen LogP contribution in [0.15, 0.2) is 67.3 Å². The number of aromatic nitrogens is 3. The maximum atomic E-state index is 12.5. The van der Waals surface area contributed by atoms with Crippen molar-refractivity contribution in [3.8, 4) is 0 Å². The molecule has 6 heteroatoms. The van der Waals surface area contributed by atoms with Gasteiger partial charge in [-0.25, -0.2) is 9.97 Å². The van der Waals surface area contributed by atoms with Gasteiger partial charge in [0.15, 0.2) is 0 Å². The van der Waals surface area contributed by atoms with Crippen molar-refractivity contribution in [1.29, 1.82) is 0 Å². The van der Waals surface area contributed by atoms with Gasteiger partial charge in [0.05, 0.1) is 0 Å². The van der Waals surface area contributed by atoms with E-state index in [1.807, 2.05) is 30.3 Å². The van der Waals surface area contributed by atoms with E-state index in [4.69, 9.17) is 0 Å². The first-order chi connectivity index (χ1) is 13.1. The number of hydrogen-bond acceptors (Lipinski definition) is 5. The number of carbonyl (C=O) groups excluding carboxylic acids is 1. The van der Waals surface area contributed by atoms with Gasteiger partial charge in [-0.3, -0.25) is 9.78 Å². The molecule has 0 aliphatic rings. The summed E-state index contributed by atoms with van der Waals surface area (Å²) in [6, 6.07) is 15.9. The zero-order valence-corrected chi connectivity index (χ0v) is 15.5. The molecule has 6 nitrogen and oxygen atoms in total. The molecule has 0 radical (unpaired) electrons. The molecule has 0 saturated heterocycles.